The van der Waals surface area contributed by atoms with Gasteiger partial charge in [-0.05, 0) is 72.4 Å². The Balaban J connectivity index is 1.24. The molecular weight excluding hydrogens is 575 g/mol. The van der Waals surface area contributed by atoms with Gasteiger partial charge in [0.1, 0.15) is 11.6 Å². The number of imidazole rings is 1. The van der Waals surface area contributed by atoms with E-state index in [1.54, 1.807) is 23.2 Å². The zero-order valence-electron chi connectivity index (χ0n) is 23.7. The number of alkyl halides is 3. The Morgan fingerprint density at radius 1 is 1.07 bits per heavy atom. The van der Waals surface area contributed by atoms with E-state index in [1.165, 1.54) is 23.9 Å². The molecule has 1 fully saturated rings. The van der Waals surface area contributed by atoms with E-state index >= 15 is 0 Å². The number of carbonyl (C=O) groups excluding carboxylic acids is 1. The lowest BCUT2D eigenvalue weighted by Crippen LogP contribution is -2.30. The van der Waals surface area contributed by atoms with Crippen LogP contribution in [0, 0.1) is 6.92 Å². The van der Waals surface area contributed by atoms with Crippen LogP contribution < -0.4 is 9.64 Å². The lowest BCUT2D eigenvalue weighted by molar-refractivity contribution is -0.274. The van der Waals surface area contributed by atoms with Crippen LogP contribution in [0.25, 0.3) is 22.6 Å². The molecule has 2 aliphatic rings. The molecule has 0 saturated carbocycles. The molecule has 0 unspecified atom stereocenters. The number of thioether (sulfide) groups is 1. The molecule has 43 heavy (non-hydrogen) atoms. The van der Waals surface area contributed by atoms with Gasteiger partial charge in [0.05, 0.1) is 29.0 Å². The predicted molar refractivity (Wildman–Crippen MR) is 164 cm³/mol. The molecular formula is C32H28F3N5O2S. The Hall–Kier alpha value is -4.38. The number of hydrogen-bond acceptors (Lipinski definition) is 6. The number of halogens is 3. The molecule has 1 saturated heterocycles. The maximum atomic E-state index is 12.8. The molecule has 2 aliphatic heterocycles. The third-order valence-corrected chi connectivity index (χ3v) is 8.31. The summed E-state index contributed by atoms with van der Waals surface area (Å²) >= 11 is 1.37. The van der Waals surface area contributed by atoms with Crippen LogP contribution in [-0.2, 0) is 17.8 Å². The van der Waals surface area contributed by atoms with E-state index in [0.717, 1.165) is 57.1 Å². The van der Waals surface area contributed by atoms with Crippen molar-refractivity contribution in [1.29, 1.82) is 0 Å². The number of hydrogen-bond donors (Lipinski definition) is 0. The molecule has 0 atom stereocenters. The average Bonchev–Trinajstić information content (AvgIpc) is 3.51. The van der Waals surface area contributed by atoms with Crippen molar-refractivity contribution in [1.82, 2.24) is 9.55 Å². The smallest absolute Gasteiger partial charge is 0.406 e. The fourth-order valence-electron chi connectivity index (χ4n) is 5.52. The van der Waals surface area contributed by atoms with Crippen molar-refractivity contribution >= 4 is 34.7 Å². The van der Waals surface area contributed by atoms with Gasteiger partial charge in [-0.3, -0.25) is 9.69 Å². The first kappa shape index (κ1) is 28.7. The number of amides is 1. The second kappa shape index (κ2) is 11.4. The van der Waals surface area contributed by atoms with Gasteiger partial charge in [0.2, 0.25) is 5.91 Å². The van der Waals surface area contributed by atoms with Gasteiger partial charge in [-0.15, -0.1) is 18.3 Å². The molecule has 1 aromatic heterocycles. The number of rotatable bonds is 6. The fraction of sp³-hybridized carbons (Fsp3) is 0.250. The second-order valence-electron chi connectivity index (χ2n) is 10.6. The van der Waals surface area contributed by atoms with Crippen molar-refractivity contribution in [3.8, 4) is 28.4 Å². The molecule has 3 aromatic carbocycles. The summed E-state index contributed by atoms with van der Waals surface area (Å²) in [6, 6.07) is 19.8. The zero-order chi connectivity index (χ0) is 30.3. The van der Waals surface area contributed by atoms with Crippen molar-refractivity contribution in [3.05, 3.63) is 89.1 Å². The molecule has 4 aromatic rings. The van der Waals surface area contributed by atoms with Crippen LogP contribution in [0.15, 0.2) is 76.9 Å². The quantitative estimate of drug-likeness (QED) is 0.168. The molecule has 11 heteroatoms. The number of anilines is 1. The zero-order valence-corrected chi connectivity index (χ0v) is 24.5. The number of ether oxygens (including phenoxy) is 1. The van der Waals surface area contributed by atoms with Gasteiger partial charge < -0.3 is 9.30 Å². The summed E-state index contributed by atoms with van der Waals surface area (Å²) in [6.07, 6.45) is -2.30. The summed E-state index contributed by atoms with van der Waals surface area (Å²) in [5.41, 5.74) is 7.34. The summed E-state index contributed by atoms with van der Waals surface area (Å²) in [6.45, 7) is 6.77. The Labute approximate surface area is 251 Å². The molecule has 0 radical (unpaired) electrons. The maximum absolute atomic E-state index is 12.8. The van der Waals surface area contributed by atoms with Crippen molar-refractivity contribution in [2.45, 2.75) is 46.0 Å². The summed E-state index contributed by atoms with van der Waals surface area (Å²) < 4.78 is 43.9. The van der Waals surface area contributed by atoms with E-state index in [-0.39, 0.29) is 17.6 Å². The van der Waals surface area contributed by atoms with E-state index in [2.05, 4.69) is 39.4 Å². The largest absolute Gasteiger partial charge is 0.573 e. The third kappa shape index (κ3) is 5.81. The van der Waals surface area contributed by atoms with E-state index in [1.807, 2.05) is 43.3 Å². The van der Waals surface area contributed by atoms with E-state index in [0.29, 0.717) is 17.5 Å². The average molecular weight is 604 g/mol. The van der Waals surface area contributed by atoms with E-state index in [4.69, 9.17) is 4.98 Å². The number of fused-ring (bicyclic) bond motifs is 3. The van der Waals surface area contributed by atoms with Crippen LogP contribution in [0.1, 0.15) is 42.1 Å². The maximum Gasteiger partial charge on any atom is 0.573 e. The van der Waals surface area contributed by atoms with Gasteiger partial charge in [0.15, 0.2) is 5.17 Å². The molecule has 220 valence electrons. The number of nitrogens with zero attached hydrogens (tertiary/aromatic N) is 5. The SMILES string of the molecule is Cc1nc2n(c1-c1ccc(OC(F)(F)F)cc1)CCc1cc(/C=N\N=C3/SCC(=O)N3c3ccccc3C(C)C)ccc1-2. The normalized spacial score (nSPS) is 15.9. The third-order valence-electron chi connectivity index (χ3n) is 7.39. The van der Waals surface area contributed by atoms with Crippen LogP contribution in [0.2, 0.25) is 0 Å². The molecule has 0 aliphatic carbocycles. The highest BCUT2D eigenvalue weighted by molar-refractivity contribution is 8.15. The highest BCUT2D eigenvalue weighted by Crippen LogP contribution is 2.37. The van der Waals surface area contributed by atoms with Crippen LogP contribution >= 0.6 is 11.8 Å². The second-order valence-corrected chi connectivity index (χ2v) is 11.6. The van der Waals surface area contributed by atoms with Gasteiger partial charge in [0.25, 0.3) is 0 Å². The fourth-order valence-corrected chi connectivity index (χ4v) is 6.34. The predicted octanol–water partition coefficient (Wildman–Crippen LogP) is 7.57. The van der Waals surface area contributed by atoms with Gasteiger partial charge in [-0.2, -0.15) is 5.10 Å². The van der Waals surface area contributed by atoms with Gasteiger partial charge in [-0.1, -0.05) is 55.9 Å². The van der Waals surface area contributed by atoms with Crippen LogP contribution in [0.5, 0.6) is 5.75 Å². The molecule has 7 nitrogen and oxygen atoms in total. The minimum absolute atomic E-state index is 0.0171. The Morgan fingerprint density at radius 2 is 1.84 bits per heavy atom. The molecule has 0 N–H and O–H groups in total. The summed E-state index contributed by atoms with van der Waals surface area (Å²) in [5, 5.41) is 9.30. The minimum atomic E-state index is -4.73. The molecule has 0 bridgehead atoms. The van der Waals surface area contributed by atoms with Crippen LogP contribution in [0.4, 0.5) is 18.9 Å². The lowest BCUT2D eigenvalue weighted by atomic mass is 9.98. The van der Waals surface area contributed by atoms with Crippen molar-refractivity contribution in [3.63, 3.8) is 0 Å². The number of aromatic nitrogens is 2. The van der Waals surface area contributed by atoms with Gasteiger partial charge in [0, 0.05) is 17.7 Å². The summed E-state index contributed by atoms with van der Waals surface area (Å²) in [7, 11) is 0. The summed E-state index contributed by atoms with van der Waals surface area (Å²) in [4.78, 5) is 19.2. The first-order valence-corrected chi connectivity index (χ1v) is 14.8. The standard InChI is InChI=1S/C32H28F3N5O2S/c1-19(2)25-6-4-5-7-27(25)40-28(41)18-43-31(40)38-36-17-21-8-13-26-23(16-21)14-15-39-29(20(3)37-30(26)39)22-9-11-24(12-10-22)42-32(33,34)35/h4-13,16-17,19H,14-15,18H2,1-3H3/b36-17-,38-31-. The number of amidine groups is 1. The number of carbonyl (C=O) groups is 1. The minimum Gasteiger partial charge on any atom is -0.406 e. The van der Waals surface area contributed by atoms with Crippen molar-refractivity contribution < 1.29 is 22.7 Å². The van der Waals surface area contributed by atoms with Gasteiger partial charge >= 0.3 is 6.36 Å². The van der Waals surface area contributed by atoms with Crippen LogP contribution in [-0.4, -0.2) is 39.0 Å². The molecule has 6 rings (SSSR count). The van der Waals surface area contributed by atoms with Gasteiger partial charge in [-0.25, -0.2) is 4.98 Å². The van der Waals surface area contributed by atoms with Crippen molar-refractivity contribution in [2.75, 3.05) is 10.7 Å². The van der Waals surface area contributed by atoms with Crippen LogP contribution in [0.3, 0.4) is 0 Å². The first-order chi connectivity index (χ1) is 20.6. The Morgan fingerprint density at radius 3 is 2.58 bits per heavy atom. The number of aryl methyl sites for hydroxylation is 2. The topological polar surface area (TPSA) is 72.1 Å². The first-order valence-electron chi connectivity index (χ1n) is 13.8. The number of benzene rings is 3. The Kier molecular flexibility index (Phi) is 7.59. The Bertz CT molecular complexity index is 1760. The van der Waals surface area contributed by atoms with E-state index in [9.17, 15) is 18.0 Å². The highest BCUT2D eigenvalue weighted by atomic mass is 32.2. The lowest BCUT2D eigenvalue weighted by Gasteiger charge is -2.21. The molecule has 1 amide bonds. The summed E-state index contributed by atoms with van der Waals surface area (Å²) in [5.74, 6) is 1.11. The molecule has 0 spiro atoms. The monoisotopic (exact) mass is 603 g/mol. The van der Waals surface area contributed by atoms with Crippen molar-refractivity contribution in [2.24, 2.45) is 10.2 Å². The molecule has 3 heterocycles. The highest BCUT2D eigenvalue weighted by Gasteiger charge is 2.32. The van der Waals surface area contributed by atoms with E-state index < -0.39 is 6.36 Å². The number of para-hydroxylation sites is 1.